The Morgan fingerprint density at radius 3 is 2.30 bits per heavy atom. The standard InChI is InChI=1S/C16H23FN2O/c1-12-6-5-7-13(14(12)17)15(20)18-8-10-19(11-9-18)16(2,3)4/h5-7H,8-11H2,1-4H3. The quantitative estimate of drug-likeness (QED) is 0.788. The molecule has 3 nitrogen and oxygen atoms in total. The van der Waals surface area contributed by atoms with E-state index in [1.54, 1.807) is 30.0 Å². The zero-order valence-electron chi connectivity index (χ0n) is 12.7. The number of benzene rings is 1. The van der Waals surface area contributed by atoms with E-state index in [9.17, 15) is 9.18 Å². The molecular weight excluding hydrogens is 255 g/mol. The molecule has 1 aromatic rings. The molecule has 0 saturated carbocycles. The Hall–Kier alpha value is -1.42. The molecule has 0 bridgehead atoms. The van der Waals surface area contributed by atoms with Crippen molar-refractivity contribution in [1.29, 1.82) is 0 Å². The van der Waals surface area contributed by atoms with Gasteiger partial charge in [-0.25, -0.2) is 4.39 Å². The summed E-state index contributed by atoms with van der Waals surface area (Å²) in [4.78, 5) is 16.5. The molecule has 0 unspecified atom stereocenters. The number of aryl methyl sites for hydroxylation is 1. The van der Waals surface area contributed by atoms with Gasteiger partial charge in [0.1, 0.15) is 5.82 Å². The van der Waals surface area contributed by atoms with Gasteiger partial charge in [0.15, 0.2) is 0 Å². The minimum Gasteiger partial charge on any atom is -0.336 e. The van der Waals surface area contributed by atoms with Gasteiger partial charge in [-0.2, -0.15) is 0 Å². The lowest BCUT2D eigenvalue weighted by Gasteiger charge is -2.42. The fourth-order valence-electron chi connectivity index (χ4n) is 2.56. The first-order valence-corrected chi connectivity index (χ1v) is 7.10. The molecule has 1 fully saturated rings. The largest absolute Gasteiger partial charge is 0.336 e. The highest BCUT2D eigenvalue weighted by molar-refractivity contribution is 5.94. The van der Waals surface area contributed by atoms with Crippen molar-refractivity contribution < 1.29 is 9.18 Å². The van der Waals surface area contributed by atoms with E-state index in [2.05, 4.69) is 25.7 Å². The van der Waals surface area contributed by atoms with Crippen LogP contribution in [0.15, 0.2) is 18.2 Å². The summed E-state index contributed by atoms with van der Waals surface area (Å²) >= 11 is 0. The van der Waals surface area contributed by atoms with E-state index >= 15 is 0 Å². The zero-order chi connectivity index (χ0) is 14.9. The van der Waals surface area contributed by atoms with Crippen LogP contribution in [0.2, 0.25) is 0 Å². The van der Waals surface area contributed by atoms with Gasteiger partial charge in [-0.15, -0.1) is 0 Å². The second kappa shape index (κ2) is 5.52. The number of rotatable bonds is 1. The maximum atomic E-state index is 14.0. The van der Waals surface area contributed by atoms with Crippen LogP contribution in [0.25, 0.3) is 0 Å². The summed E-state index contributed by atoms with van der Waals surface area (Å²) in [6, 6.07) is 4.99. The molecule has 1 aliphatic rings. The normalized spacial score (nSPS) is 17.4. The van der Waals surface area contributed by atoms with Crippen molar-refractivity contribution in [3.05, 3.63) is 35.1 Å². The SMILES string of the molecule is Cc1cccc(C(=O)N2CCN(C(C)(C)C)CC2)c1F. The Morgan fingerprint density at radius 1 is 1.15 bits per heavy atom. The monoisotopic (exact) mass is 278 g/mol. The highest BCUT2D eigenvalue weighted by Crippen LogP contribution is 2.19. The maximum Gasteiger partial charge on any atom is 0.256 e. The van der Waals surface area contributed by atoms with E-state index in [1.807, 2.05) is 0 Å². The fourth-order valence-corrected chi connectivity index (χ4v) is 2.56. The van der Waals surface area contributed by atoms with Crippen molar-refractivity contribution in [3.8, 4) is 0 Å². The van der Waals surface area contributed by atoms with E-state index in [1.165, 1.54) is 0 Å². The molecule has 110 valence electrons. The average molecular weight is 278 g/mol. The Labute approximate surface area is 120 Å². The minimum atomic E-state index is -0.393. The predicted octanol–water partition coefficient (Wildman–Crippen LogP) is 2.69. The van der Waals surface area contributed by atoms with Gasteiger partial charge in [0.25, 0.3) is 5.91 Å². The van der Waals surface area contributed by atoms with Gasteiger partial charge in [-0.3, -0.25) is 9.69 Å². The highest BCUT2D eigenvalue weighted by atomic mass is 19.1. The molecule has 0 atom stereocenters. The van der Waals surface area contributed by atoms with Crippen LogP contribution in [0.4, 0.5) is 4.39 Å². The minimum absolute atomic E-state index is 0.115. The van der Waals surface area contributed by atoms with Gasteiger partial charge in [-0.1, -0.05) is 12.1 Å². The maximum absolute atomic E-state index is 14.0. The second-order valence-corrected chi connectivity index (χ2v) is 6.39. The number of hydrogen-bond acceptors (Lipinski definition) is 2. The van der Waals surface area contributed by atoms with Crippen molar-refractivity contribution in [2.75, 3.05) is 26.2 Å². The summed E-state index contributed by atoms with van der Waals surface area (Å²) in [6.45, 7) is 11.2. The summed E-state index contributed by atoms with van der Waals surface area (Å²) in [6.07, 6.45) is 0. The van der Waals surface area contributed by atoms with Crippen LogP contribution in [0.5, 0.6) is 0 Å². The Kier molecular flexibility index (Phi) is 4.14. The predicted molar refractivity (Wildman–Crippen MR) is 78.4 cm³/mol. The van der Waals surface area contributed by atoms with Gasteiger partial charge in [-0.05, 0) is 39.3 Å². The Balaban J connectivity index is 2.07. The Morgan fingerprint density at radius 2 is 1.75 bits per heavy atom. The number of amides is 1. The second-order valence-electron chi connectivity index (χ2n) is 6.39. The van der Waals surface area contributed by atoms with Crippen LogP contribution in [0.1, 0.15) is 36.7 Å². The lowest BCUT2D eigenvalue weighted by Crippen LogP contribution is -2.54. The Bertz CT molecular complexity index is 500. The third-order valence-electron chi connectivity index (χ3n) is 3.94. The molecule has 0 spiro atoms. The van der Waals surface area contributed by atoms with Crippen LogP contribution in [0.3, 0.4) is 0 Å². The molecule has 0 aromatic heterocycles. The first-order valence-electron chi connectivity index (χ1n) is 7.10. The molecule has 1 heterocycles. The molecule has 2 rings (SSSR count). The van der Waals surface area contributed by atoms with Gasteiger partial charge < -0.3 is 4.90 Å². The molecule has 1 saturated heterocycles. The zero-order valence-corrected chi connectivity index (χ0v) is 12.7. The summed E-state index contributed by atoms with van der Waals surface area (Å²) in [5, 5.41) is 0. The molecule has 4 heteroatoms. The third kappa shape index (κ3) is 3.01. The summed E-state index contributed by atoms with van der Waals surface area (Å²) in [5.74, 6) is -0.587. The van der Waals surface area contributed by atoms with Gasteiger partial charge in [0.2, 0.25) is 0 Å². The van der Waals surface area contributed by atoms with E-state index in [4.69, 9.17) is 0 Å². The van der Waals surface area contributed by atoms with Crippen LogP contribution >= 0.6 is 0 Å². The summed E-state index contributed by atoms with van der Waals surface area (Å²) in [7, 11) is 0. The first kappa shape index (κ1) is 15.0. The average Bonchev–Trinajstić information content (AvgIpc) is 2.40. The smallest absolute Gasteiger partial charge is 0.256 e. The first-order chi connectivity index (χ1) is 9.30. The molecule has 20 heavy (non-hydrogen) atoms. The molecule has 1 aromatic carbocycles. The number of carbonyl (C=O) groups excluding carboxylic acids is 1. The van der Waals surface area contributed by atoms with Crippen molar-refractivity contribution >= 4 is 5.91 Å². The van der Waals surface area contributed by atoms with Crippen molar-refractivity contribution in [2.24, 2.45) is 0 Å². The van der Waals surface area contributed by atoms with Crippen molar-refractivity contribution in [2.45, 2.75) is 33.2 Å². The van der Waals surface area contributed by atoms with E-state index < -0.39 is 5.82 Å². The lowest BCUT2D eigenvalue weighted by molar-refractivity contribution is 0.0447. The van der Waals surface area contributed by atoms with Crippen LogP contribution in [-0.4, -0.2) is 47.4 Å². The number of halogens is 1. The van der Waals surface area contributed by atoms with Crippen LogP contribution in [0, 0.1) is 12.7 Å². The molecule has 1 aliphatic heterocycles. The van der Waals surface area contributed by atoms with Gasteiger partial charge in [0, 0.05) is 31.7 Å². The van der Waals surface area contributed by atoms with E-state index in [0.717, 1.165) is 13.1 Å². The van der Waals surface area contributed by atoms with Gasteiger partial charge in [0.05, 0.1) is 5.56 Å². The number of piperazine rings is 1. The number of hydrogen-bond donors (Lipinski definition) is 0. The van der Waals surface area contributed by atoms with Crippen LogP contribution < -0.4 is 0 Å². The molecule has 0 aliphatic carbocycles. The third-order valence-corrected chi connectivity index (χ3v) is 3.94. The highest BCUT2D eigenvalue weighted by Gasteiger charge is 2.29. The fraction of sp³-hybridized carbons (Fsp3) is 0.562. The van der Waals surface area contributed by atoms with Crippen molar-refractivity contribution in [3.63, 3.8) is 0 Å². The molecule has 0 radical (unpaired) electrons. The lowest BCUT2D eigenvalue weighted by atomic mass is 10.0. The molecule has 1 amide bonds. The van der Waals surface area contributed by atoms with Gasteiger partial charge >= 0.3 is 0 Å². The van der Waals surface area contributed by atoms with E-state index in [-0.39, 0.29) is 17.0 Å². The topological polar surface area (TPSA) is 23.6 Å². The van der Waals surface area contributed by atoms with Crippen LogP contribution in [-0.2, 0) is 0 Å². The number of carbonyl (C=O) groups is 1. The molecule has 0 N–H and O–H groups in total. The molecular formula is C16H23FN2O. The summed E-state index contributed by atoms with van der Waals surface area (Å²) in [5.41, 5.74) is 0.822. The number of nitrogens with zero attached hydrogens (tertiary/aromatic N) is 2. The summed E-state index contributed by atoms with van der Waals surface area (Å²) < 4.78 is 14.0. The van der Waals surface area contributed by atoms with Crippen molar-refractivity contribution in [1.82, 2.24) is 9.80 Å². The van der Waals surface area contributed by atoms with E-state index in [0.29, 0.717) is 18.7 Å².